The lowest BCUT2D eigenvalue weighted by Gasteiger charge is -2.18. The standard InChI is InChI=1S/C6H12BrNO2/c1-4-10-6(9)8(3)5(2)7/h5H,4H2,1-3H3. The number of ether oxygens (including phenoxy) is 1. The molecule has 60 valence electrons. The molecular formula is C6H12BrNO2. The first-order chi connectivity index (χ1) is 4.59. The van der Waals surface area contributed by atoms with Crippen LogP contribution in [0.5, 0.6) is 0 Å². The number of carbonyl (C=O) groups excluding carboxylic acids is 1. The number of halogens is 1. The van der Waals surface area contributed by atoms with Crippen molar-refractivity contribution < 1.29 is 9.53 Å². The summed E-state index contributed by atoms with van der Waals surface area (Å²) in [6, 6.07) is 0. The van der Waals surface area contributed by atoms with Crippen LogP contribution in [0.15, 0.2) is 0 Å². The van der Waals surface area contributed by atoms with Gasteiger partial charge in [0.05, 0.1) is 11.6 Å². The largest absolute Gasteiger partial charge is 0.450 e. The second kappa shape index (κ2) is 4.55. The van der Waals surface area contributed by atoms with Crippen LogP contribution < -0.4 is 0 Å². The van der Waals surface area contributed by atoms with E-state index in [0.29, 0.717) is 6.61 Å². The van der Waals surface area contributed by atoms with Crippen molar-refractivity contribution in [3.8, 4) is 0 Å². The fraction of sp³-hybridized carbons (Fsp3) is 0.833. The SMILES string of the molecule is CCOC(=O)N(C)C(C)Br. The van der Waals surface area contributed by atoms with Crippen LogP contribution in [0, 0.1) is 0 Å². The molecule has 0 aromatic carbocycles. The molecule has 0 aromatic heterocycles. The molecule has 0 radical (unpaired) electrons. The third kappa shape index (κ3) is 3.06. The Morgan fingerprint density at radius 2 is 2.30 bits per heavy atom. The van der Waals surface area contributed by atoms with Gasteiger partial charge in [0.2, 0.25) is 0 Å². The fourth-order valence-corrected chi connectivity index (χ4v) is 0.538. The Labute approximate surface area is 69.5 Å². The van der Waals surface area contributed by atoms with E-state index in [1.165, 1.54) is 4.90 Å². The van der Waals surface area contributed by atoms with E-state index in [9.17, 15) is 4.79 Å². The average molecular weight is 210 g/mol. The normalized spacial score (nSPS) is 12.4. The van der Waals surface area contributed by atoms with Crippen molar-refractivity contribution in [2.45, 2.75) is 18.8 Å². The molecule has 0 fully saturated rings. The summed E-state index contributed by atoms with van der Waals surface area (Å²) in [5.41, 5.74) is 0. The van der Waals surface area contributed by atoms with Gasteiger partial charge < -0.3 is 4.74 Å². The monoisotopic (exact) mass is 209 g/mol. The summed E-state index contributed by atoms with van der Waals surface area (Å²) in [7, 11) is 1.68. The molecule has 0 aliphatic carbocycles. The number of rotatable bonds is 2. The van der Waals surface area contributed by atoms with Crippen LogP contribution in [0.1, 0.15) is 13.8 Å². The highest BCUT2D eigenvalue weighted by Gasteiger charge is 2.12. The Balaban J connectivity index is 3.71. The van der Waals surface area contributed by atoms with E-state index in [-0.39, 0.29) is 11.0 Å². The van der Waals surface area contributed by atoms with Gasteiger partial charge in [0.1, 0.15) is 0 Å². The summed E-state index contributed by atoms with van der Waals surface area (Å²) < 4.78 is 4.72. The topological polar surface area (TPSA) is 29.5 Å². The van der Waals surface area contributed by atoms with Crippen LogP contribution in [0.2, 0.25) is 0 Å². The number of carbonyl (C=O) groups is 1. The number of hydrogen-bond donors (Lipinski definition) is 0. The van der Waals surface area contributed by atoms with Gasteiger partial charge in [0.25, 0.3) is 0 Å². The smallest absolute Gasteiger partial charge is 0.410 e. The summed E-state index contributed by atoms with van der Waals surface area (Å²) in [4.78, 5) is 12.4. The van der Waals surface area contributed by atoms with E-state index in [1.807, 2.05) is 6.92 Å². The minimum Gasteiger partial charge on any atom is -0.450 e. The molecule has 1 amide bonds. The first kappa shape index (κ1) is 9.75. The number of amides is 1. The third-order valence-corrected chi connectivity index (χ3v) is 1.70. The zero-order chi connectivity index (χ0) is 8.15. The zero-order valence-corrected chi connectivity index (χ0v) is 8.01. The zero-order valence-electron chi connectivity index (χ0n) is 6.43. The predicted octanol–water partition coefficient (Wildman–Crippen LogP) is 1.82. The lowest BCUT2D eigenvalue weighted by molar-refractivity contribution is 0.115. The van der Waals surface area contributed by atoms with Gasteiger partial charge in [-0.3, -0.25) is 4.90 Å². The number of nitrogens with zero attached hydrogens (tertiary/aromatic N) is 1. The highest BCUT2D eigenvalue weighted by Crippen LogP contribution is 2.04. The Morgan fingerprint density at radius 3 is 2.60 bits per heavy atom. The van der Waals surface area contributed by atoms with Gasteiger partial charge in [-0.05, 0) is 13.8 Å². The number of alkyl halides is 1. The first-order valence-corrected chi connectivity index (χ1v) is 4.04. The van der Waals surface area contributed by atoms with E-state index in [2.05, 4.69) is 15.9 Å². The summed E-state index contributed by atoms with van der Waals surface area (Å²) in [5, 5.41) is 0. The molecule has 4 heteroatoms. The molecule has 1 atom stereocenters. The van der Waals surface area contributed by atoms with Gasteiger partial charge >= 0.3 is 6.09 Å². The molecule has 0 aliphatic heterocycles. The maximum Gasteiger partial charge on any atom is 0.410 e. The third-order valence-electron chi connectivity index (χ3n) is 1.09. The van der Waals surface area contributed by atoms with Crippen LogP contribution >= 0.6 is 15.9 Å². The van der Waals surface area contributed by atoms with Crippen LogP contribution in [0.3, 0.4) is 0 Å². The van der Waals surface area contributed by atoms with Crippen LogP contribution in [0.25, 0.3) is 0 Å². The Hall–Kier alpha value is -0.250. The minimum atomic E-state index is -0.299. The molecule has 0 rings (SSSR count). The van der Waals surface area contributed by atoms with Crippen molar-refractivity contribution in [3.63, 3.8) is 0 Å². The predicted molar refractivity (Wildman–Crippen MR) is 43.2 cm³/mol. The van der Waals surface area contributed by atoms with Crippen LogP contribution in [-0.4, -0.2) is 29.6 Å². The van der Waals surface area contributed by atoms with Crippen molar-refractivity contribution in [1.82, 2.24) is 4.90 Å². The van der Waals surface area contributed by atoms with E-state index in [1.54, 1.807) is 14.0 Å². The van der Waals surface area contributed by atoms with Crippen molar-refractivity contribution in [3.05, 3.63) is 0 Å². The van der Waals surface area contributed by atoms with E-state index in [0.717, 1.165) is 0 Å². The Kier molecular flexibility index (Phi) is 4.43. The van der Waals surface area contributed by atoms with E-state index < -0.39 is 0 Å². The van der Waals surface area contributed by atoms with Crippen molar-refractivity contribution in [1.29, 1.82) is 0 Å². The maximum atomic E-state index is 10.9. The van der Waals surface area contributed by atoms with Crippen molar-refractivity contribution in [2.75, 3.05) is 13.7 Å². The summed E-state index contributed by atoms with van der Waals surface area (Å²) in [6.45, 7) is 4.06. The highest BCUT2D eigenvalue weighted by molar-refractivity contribution is 9.09. The second-order valence-corrected chi connectivity index (χ2v) is 3.21. The summed E-state index contributed by atoms with van der Waals surface area (Å²) in [6.07, 6.45) is -0.299. The number of hydrogen-bond acceptors (Lipinski definition) is 2. The molecule has 10 heavy (non-hydrogen) atoms. The minimum absolute atomic E-state index is 0.0200. The van der Waals surface area contributed by atoms with Gasteiger partial charge in [-0.15, -0.1) is 0 Å². The molecule has 0 N–H and O–H groups in total. The van der Waals surface area contributed by atoms with E-state index >= 15 is 0 Å². The van der Waals surface area contributed by atoms with Crippen molar-refractivity contribution in [2.24, 2.45) is 0 Å². The molecule has 0 saturated carbocycles. The second-order valence-electron chi connectivity index (χ2n) is 1.88. The fourth-order valence-electron chi connectivity index (χ4n) is 0.371. The molecule has 0 spiro atoms. The quantitative estimate of drug-likeness (QED) is 0.513. The maximum absolute atomic E-state index is 10.9. The van der Waals surface area contributed by atoms with Gasteiger partial charge in [0, 0.05) is 7.05 Å². The average Bonchev–Trinajstić information content (AvgIpc) is 1.87. The Bertz CT molecular complexity index is 116. The molecule has 0 heterocycles. The summed E-state index contributed by atoms with van der Waals surface area (Å²) >= 11 is 3.24. The first-order valence-electron chi connectivity index (χ1n) is 3.13. The molecule has 0 aromatic rings. The molecule has 1 unspecified atom stereocenters. The van der Waals surface area contributed by atoms with E-state index in [4.69, 9.17) is 4.74 Å². The molecule has 0 saturated heterocycles. The lowest BCUT2D eigenvalue weighted by Crippen LogP contribution is -2.31. The van der Waals surface area contributed by atoms with Crippen LogP contribution in [0.4, 0.5) is 4.79 Å². The van der Waals surface area contributed by atoms with Gasteiger partial charge in [0.15, 0.2) is 0 Å². The molecule has 0 aliphatic rings. The van der Waals surface area contributed by atoms with Gasteiger partial charge in [-0.25, -0.2) is 4.79 Å². The lowest BCUT2D eigenvalue weighted by atomic mass is 10.6. The molecule has 3 nitrogen and oxygen atoms in total. The van der Waals surface area contributed by atoms with Gasteiger partial charge in [-0.2, -0.15) is 0 Å². The van der Waals surface area contributed by atoms with Crippen LogP contribution in [-0.2, 0) is 4.74 Å². The Morgan fingerprint density at radius 1 is 1.80 bits per heavy atom. The van der Waals surface area contributed by atoms with Gasteiger partial charge in [-0.1, -0.05) is 15.9 Å². The highest BCUT2D eigenvalue weighted by atomic mass is 79.9. The summed E-state index contributed by atoms with van der Waals surface area (Å²) in [5.74, 6) is 0. The molecular weight excluding hydrogens is 198 g/mol. The molecule has 0 bridgehead atoms. The van der Waals surface area contributed by atoms with Crippen molar-refractivity contribution >= 4 is 22.0 Å².